The van der Waals surface area contributed by atoms with E-state index in [0.717, 1.165) is 25.9 Å². The van der Waals surface area contributed by atoms with E-state index in [1.807, 2.05) is 4.90 Å². The van der Waals surface area contributed by atoms with E-state index >= 15 is 0 Å². The maximum Gasteiger partial charge on any atom is 0.227 e. The van der Waals surface area contributed by atoms with Crippen molar-refractivity contribution in [1.82, 2.24) is 15.0 Å². The van der Waals surface area contributed by atoms with E-state index in [1.54, 1.807) is 19.1 Å². The van der Waals surface area contributed by atoms with Crippen molar-refractivity contribution in [3.8, 4) is 11.4 Å². The third kappa shape index (κ3) is 3.99. The minimum atomic E-state index is -0.259. The van der Waals surface area contributed by atoms with E-state index < -0.39 is 0 Å². The van der Waals surface area contributed by atoms with E-state index in [-0.39, 0.29) is 11.7 Å². The summed E-state index contributed by atoms with van der Waals surface area (Å²) in [6, 6.07) is 4.70. The van der Waals surface area contributed by atoms with Crippen molar-refractivity contribution in [3.05, 3.63) is 35.5 Å². The number of rotatable bonds is 4. The highest BCUT2D eigenvalue weighted by atomic mass is 19.1. The van der Waals surface area contributed by atoms with Crippen LogP contribution in [0.2, 0.25) is 0 Å². The van der Waals surface area contributed by atoms with Crippen molar-refractivity contribution in [2.45, 2.75) is 45.4 Å². The second-order valence-electron chi connectivity index (χ2n) is 6.27. The van der Waals surface area contributed by atoms with Crippen LogP contribution in [0.25, 0.3) is 11.4 Å². The number of aromatic nitrogens is 2. The van der Waals surface area contributed by atoms with Gasteiger partial charge in [0.25, 0.3) is 0 Å². The molecule has 1 amide bonds. The third-order valence-corrected chi connectivity index (χ3v) is 4.40. The Labute approximate surface area is 140 Å². The fourth-order valence-electron chi connectivity index (χ4n) is 2.95. The summed E-state index contributed by atoms with van der Waals surface area (Å²) < 4.78 is 18.6. The van der Waals surface area contributed by atoms with Gasteiger partial charge in [0.2, 0.25) is 17.6 Å². The number of carbonyl (C=O) groups excluding carboxylic acids is 1. The molecule has 1 aromatic carbocycles. The van der Waals surface area contributed by atoms with E-state index in [9.17, 15) is 9.18 Å². The van der Waals surface area contributed by atoms with Gasteiger partial charge in [0.15, 0.2) is 0 Å². The molecule has 1 aromatic heterocycles. The van der Waals surface area contributed by atoms with Crippen LogP contribution in [0.4, 0.5) is 4.39 Å². The Hall–Kier alpha value is -2.24. The molecule has 1 saturated heterocycles. The van der Waals surface area contributed by atoms with Gasteiger partial charge in [-0.05, 0) is 43.5 Å². The van der Waals surface area contributed by atoms with Crippen LogP contribution in [0, 0.1) is 12.7 Å². The van der Waals surface area contributed by atoms with Gasteiger partial charge in [0.05, 0.1) is 0 Å². The standard InChI is InChI=1S/C18H22FN3O2/c1-13-12-14(6-7-15(13)19)18-20-16(24-21-18)8-9-17(23)22-10-4-2-3-5-11-22/h6-7,12H,2-5,8-11H2,1H3. The minimum absolute atomic E-state index is 0.147. The van der Waals surface area contributed by atoms with Crippen LogP contribution in [-0.4, -0.2) is 34.0 Å². The minimum Gasteiger partial charge on any atom is -0.343 e. The van der Waals surface area contributed by atoms with E-state index in [4.69, 9.17) is 4.52 Å². The molecular formula is C18H22FN3O2. The first kappa shape index (κ1) is 16.6. The number of hydrogen-bond donors (Lipinski definition) is 0. The molecule has 6 heteroatoms. The zero-order valence-corrected chi connectivity index (χ0v) is 13.9. The second-order valence-corrected chi connectivity index (χ2v) is 6.27. The van der Waals surface area contributed by atoms with Crippen molar-refractivity contribution in [3.63, 3.8) is 0 Å². The Kier molecular flexibility index (Phi) is 5.23. The molecule has 2 aromatic rings. The molecular weight excluding hydrogens is 309 g/mol. The SMILES string of the molecule is Cc1cc(-c2noc(CCC(=O)N3CCCCCC3)n2)ccc1F. The van der Waals surface area contributed by atoms with Gasteiger partial charge in [0.1, 0.15) is 5.82 Å². The summed E-state index contributed by atoms with van der Waals surface area (Å²) in [4.78, 5) is 18.5. The molecule has 1 fully saturated rings. The van der Waals surface area contributed by atoms with Gasteiger partial charge in [0, 0.05) is 31.5 Å². The number of aryl methyl sites for hydroxylation is 2. The fraction of sp³-hybridized carbons (Fsp3) is 0.500. The zero-order valence-electron chi connectivity index (χ0n) is 13.9. The molecule has 128 valence electrons. The van der Waals surface area contributed by atoms with Gasteiger partial charge in [-0.25, -0.2) is 4.39 Å². The summed E-state index contributed by atoms with van der Waals surface area (Å²) >= 11 is 0. The van der Waals surface area contributed by atoms with Crippen LogP contribution >= 0.6 is 0 Å². The van der Waals surface area contributed by atoms with Crippen LogP contribution in [0.5, 0.6) is 0 Å². The molecule has 3 rings (SSSR count). The highest BCUT2D eigenvalue weighted by Gasteiger charge is 2.17. The van der Waals surface area contributed by atoms with Crippen LogP contribution in [0.1, 0.15) is 43.6 Å². The van der Waals surface area contributed by atoms with Gasteiger partial charge < -0.3 is 9.42 Å². The summed E-state index contributed by atoms with van der Waals surface area (Å²) in [6.45, 7) is 3.39. The first-order chi connectivity index (χ1) is 11.6. The van der Waals surface area contributed by atoms with Crippen LogP contribution in [-0.2, 0) is 11.2 Å². The number of likely N-dealkylation sites (tertiary alicyclic amines) is 1. The van der Waals surface area contributed by atoms with Crippen molar-refractivity contribution >= 4 is 5.91 Å². The molecule has 0 bridgehead atoms. The summed E-state index contributed by atoms with van der Waals surface area (Å²) in [6.07, 6.45) is 5.38. The molecule has 2 heterocycles. The maximum atomic E-state index is 13.3. The van der Waals surface area contributed by atoms with Crippen molar-refractivity contribution in [2.75, 3.05) is 13.1 Å². The third-order valence-electron chi connectivity index (χ3n) is 4.40. The van der Waals surface area contributed by atoms with Gasteiger partial charge in [-0.2, -0.15) is 4.98 Å². The predicted molar refractivity (Wildman–Crippen MR) is 87.8 cm³/mol. The fourth-order valence-corrected chi connectivity index (χ4v) is 2.95. The van der Waals surface area contributed by atoms with Crippen molar-refractivity contribution < 1.29 is 13.7 Å². The molecule has 5 nitrogen and oxygen atoms in total. The Morgan fingerprint density at radius 3 is 2.71 bits per heavy atom. The number of benzene rings is 1. The van der Waals surface area contributed by atoms with E-state index in [0.29, 0.717) is 35.7 Å². The average molecular weight is 331 g/mol. The van der Waals surface area contributed by atoms with Crippen LogP contribution in [0.3, 0.4) is 0 Å². The van der Waals surface area contributed by atoms with Crippen molar-refractivity contribution in [1.29, 1.82) is 0 Å². The lowest BCUT2D eigenvalue weighted by Gasteiger charge is -2.19. The Morgan fingerprint density at radius 1 is 1.25 bits per heavy atom. The van der Waals surface area contributed by atoms with E-state index in [1.165, 1.54) is 18.9 Å². The number of halogens is 1. The quantitative estimate of drug-likeness (QED) is 0.860. The smallest absolute Gasteiger partial charge is 0.227 e. The van der Waals surface area contributed by atoms with Gasteiger partial charge in [-0.3, -0.25) is 4.79 Å². The zero-order chi connectivity index (χ0) is 16.9. The second kappa shape index (κ2) is 7.55. The monoisotopic (exact) mass is 331 g/mol. The Bertz CT molecular complexity index is 706. The molecule has 1 aliphatic heterocycles. The maximum absolute atomic E-state index is 13.3. The molecule has 1 aliphatic rings. The predicted octanol–water partition coefficient (Wildman–Crippen LogP) is 3.52. The number of carbonyl (C=O) groups is 1. The molecule has 0 radical (unpaired) electrons. The molecule has 0 aliphatic carbocycles. The summed E-state index contributed by atoms with van der Waals surface area (Å²) in [7, 11) is 0. The Morgan fingerprint density at radius 2 is 2.00 bits per heavy atom. The average Bonchev–Trinajstić information content (AvgIpc) is 2.88. The Balaban J connectivity index is 1.59. The lowest BCUT2D eigenvalue weighted by molar-refractivity contribution is -0.131. The highest BCUT2D eigenvalue weighted by molar-refractivity contribution is 5.76. The number of hydrogen-bond acceptors (Lipinski definition) is 4. The first-order valence-corrected chi connectivity index (χ1v) is 8.50. The summed E-state index contributed by atoms with van der Waals surface area (Å²) in [5.41, 5.74) is 1.25. The highest BCUT2D eigenvalue weighted by Crippen LogP contribution is 2.19. The van der Waals surface area contributed by atoms with E-state index in [2.05, 4.69) is 10.1 Å². The van der Waals surface area contributed by atoms with Crippen LogP contribution in [0.15, 0.2) is 22.7 Å². The summed E-state index contributed by atoms with van der Waals surface area (Å²) in [5, 5.41) is 3.93. The number of nitrogens with zero attached hydrogens (tertiary/aromatic N) is 3. The largest absolute Gasteiger partial charge is 0.343 e. The molecule has 0 saturated carbocycles. The molecule has 0 unspecified atom stereocenters. The first-order valence-electron chi connectivity index (χ1n) is 8.50. The van der Waals surface area contributed by atoms with Gasteiger partial charge >= 0.3 is 0 Å². The van der Waals surface area contributed by atoms with Gasteiger partial charge in [-0.15, -0.1) is 0 Å². The number of amides is 1. The van der Waals surface area contributed by atoms with Crippen LogP contribution < -0.4 is 0 Å². The van der Waals surface area contributed by atoms with Crippen molar-refractivity contribution in [2.24, 2.45) is 0 Å². The van der Waals surface area contributed by atoms with Gasteiger partial charge in [-0.1, -0.05) is 18.0 Å². The molecule has 24 heavy (non-hydrogen) atoms. The molecule has 0 spiro atoms. The molecule has 0 atom stereocenters. The lowest BCUT2D eigenvalue weighted by Crippen LogP contribution is -2.31. The topological polar surface area (TPSA) is 59.2 Å². The lowest BCUT2D eigenvalue weighted by atomic mass is 10.1. The normalized spacial score (nSPS) is 15.3. The molecule has 0 N–H and O–H groups in total. The summed E-state index contributed by atoms with van der Waals surface area (Å²) in [5.74, 6) is 0.755.